The lowest BCUT2D eigenvalue weighted by Gasteiger charge is -2.31. The van der Waals surface area contributed by atoms with Crippen LogP contribution in [0.2, 0.25) is 0 Å². The minimum absolute atomic E-state index is 0.102. The van der Waals surface area contributed by atoms with E-state index in [2.05, 4.69) is 21.3 Å². The predicted molar refractivity (Wildman–Crippen MR) is 129 cm³/mol. The lowest BCUT2D eigenvalue weighted by molar-refractivity contribution is -0.133. The Hall–Kier alpha value is -3.49. The third-order valence-corrected chi connectivity index (χ3v) is 6.45. The molecule has 0 spiro atoms. The van der Waals surface area contributed by atoms with Gasteiger partial charge in [-0.15, -0.1) is 0 Å². The Morgan fingerprint density at radius 2 is 1.85 bits per heavy atom. The van der Waals surface area contributed by atoms with Gasteiger partial charge < -0.3 is 19.4 Å². The largest absolute Gasteiger partial charge is 0.379 e. The second-order valence-corrected chi connectivity index (χ2v) is 8.70. The van der Waals surface area contributed by atoms with Gasteiger partial charge in [-0.05, 0) is 41.3 Å². The van der Waals surface area contributed by atoms with Crippen molar-refractivity contribution in [1.29, 1.82) is 0 Å². The summed E-state index contributed by atoms with van der Waals surface area (Å²) in [6, 6.07) is 11.6. The maximum absolute atomic E-state index is 12.6. The molecule has 3 aromatic rings. The summed E-state index contributed by atoms with van der Waals surface area (Å²) in [6.07, 6.45) is 8.55. The first-order chi connectivity index (χ1) is 16.7. The van der Waals surface area contributed by atoms with Crippen molar-refractivity contribution >= 4 is 23.0 Å². The molecule has 0 aliphatic carbocycles. The number of hydrogen-bond acceptors (Lipinski definition) is 5. The minimum Gasteiger partial charge on any atom is -0.379 e. The summed E-state index contributed by atoms with van der Waals surface area (Å²) in [5, 5.41) is 2.98. The number of carbonyl (C=O) groups excluding carboxylic acids is 2. The van der Waals surface area contributed by atoms with Crippen LogP contribution in [0.5, 0.6) is 0 Å². The zero-order valence-corrected chi connectivity index (χ0v) is 19.2. The molecule has 8 nitrogen and oxygen atoms in total. The molecule has 0 atom stereocenters. The van der Waals surface area contributed by atoms with Crippen LogP contribution in [-0.2, 0) is 16.1 Å². The highest BCUT2D eigenvalue weighted by Crippen LogP contribution is 2.23. The zero-order valence-electron chi connectivity index (χ0n) is 19.2. The quantitative estimate of drug-likeness (QED) is 0.612. The first-order valence-corrected chi connectivity index (χ1v) is 11.7. The summed E-state index contributed by atoms with van der Waals surface area (Å²) in [5.74, 6) is 0.0752. The van der Waals surface area contributed by atoms with Crippen molar-refractivity contribution in [2.45, 2.75) is 13.0 Å². The molecule has 176 valence electrons. The number of pyridine rings is 1. The summed E-state index contributed by atoms with van der Waals surface area (Å²) in [6.45, 7) is 5.31. The Kier molecular flexibility index (Phi) is 6.69. The van der Waals surface area contributed by atoms with Crippen LogP contribution in [-0.4, -0.2) is 76.9 Å². The predicted octanol–water partition coefficient (Wildman–Crippen LogP) is 2.21. The number of amides is 2. The van der Waals surface area contributed by atoms with Gasteiger partial charge in [-0.3, -0.25) is 14.5 Å². The third kappa shape index (κ3) is 5.18. The Bertz CT molecular complexity index is 1190. The first-order valence-electron chi connectivity index (χ1n) is 11.7. The summed E-state index contributed by atoms with van der Waals surface area (Å²) in [5.41, 5.74) is 4.84. The lowest BCUT2D eigenvalue weighted by Crippen LogP contribution is -2.45. The summed E-state index contributed by atoms with van der Waals surface area (Å²) in [4.78, 5) is 33.5. The van der Waals surface area contributed by atoms with Gasteiger partial charge in [0.15, 0.2) is 0 Å². The van der Waals surface area contributed by atoms with Gasteiger partial charge in [0.1, 0.15) is 5.65 Å². The van der Waals surface area contributed by atoms with E-state index in [9.17, 15) is 9.59 Å². The number of ether oxygens (including phenoxy) is 1. The average Bonchev–Trinajstić information content (AvgIpc) is 3.36. The van der Waals surface area contributed by atoms with Gasteiger partial charge >= 0.3 is 0 Å². The molecule has 0 radical (unpaired) electrons. The highest BCUT2D eigenvalue weighted by atomic mass is 16.5. The number of fused-ring (bicyclic) bond motifs is 1. The Balaban J connectivity index is 1.13. The normalized spacial score (nSPS) is 16.9. The van der Waals surface area contributed by atoms with Crippen molar-refractivity contribution in [2.75, 3.05) is 45.9 Å². The van der Waals surface area contributed by atoms with Crippen molar-refractivity contribution in [1.82, 2.24) is 24.5 Å². The van der Waals surface area contributed by atoms with Crippen LogP contribution < -0.4 is 5.32 Å². The van der Waals surface area contributed by atoms with Crippen molar-refractivity contribution in [2.24, 2.45) is 0 Å². The lowest BCUT2D eigenvalue weighted by atomic mass is 9.98. The molecule has 2 aromatic heterocycles. The SMILES string of the molecule is O=C(NCc1ccc2nccn2c1)c1ccc(C2=CCN(C(=O)CN3CCOCC3)CC2)cc1. The highest BCUT2D eigenvalue weighted by Gasteiger charge is 2.21. The summed E-state index contributed by atoms with van der Waals surface area (Å²) in [7, 11) is 0. The van der Waals surface area contributed by atoms with Crippen molar-refractivity contribution in [3.63, 3.8) is 0 Å². The van der Waals surface area contributed by atoms with E-state index in [0.29, 0.717) is 38.4 Å². The van der Waals surface area contributed by atoms with E-state index in [1.54, 1.807) is 6.20 Å². The Labute approximate surface area is 198 Å². The van der Waals surface area contributed by atoms with Crippen LogP contribution in [0.3, 0.4) is 0 Å². The van der Waals surface area contributed by atoms with Crippen LogP contribution in [0.1, 0.15) is 27.9 Å². The fourth-order valence-electron chi connectivity index (χ4n) is 4.40. The number of morpholine rings is 1. The Morgan fingerprint density at radius 3 is 2.62 bits per heavy atom. The Morgan fingerprint density at radius 1 is 1.03 bits per heavy atom. The molecule has 4 heterocycles. The fourth-order valence-corrected chi connectivity index (χ4v) is 4.40. The van der Waals surface area contributed by atoms with E-state index in [4.69, 9.17) is 4.74 Å². The van der Waals surface area contributed by atoms with Crippen LogP contribution in [0.15, 0.2) is 61.1 Å². The molecule has 1 aromatic carbocycles. The van der Waals surface area contributed by atoms with Crippen LogP contribution >= 0.6 is 0 Å². The molecule has 0 saturated carbocycles. The number of nitrogens with one attached hydrogen (secondary N) is 1. The van der Waals surface area contributed by atoms with E-state index in [1.165, 1.54) is 5.57 Å². The molecule has 34 heavy (non-hydrogen) atoms. The van der Waals surface area contributed by atoms with Crippen LogP contribution in [0.25, 0.3) is 11.2 Å². The molecule has 8 heteroatoms. The molecular weight excluding hydrogens is 430 g/mol. The van der Waals surface area contributed by atoms with E-state index in [0.717, 1.165) is 42.8 Å². The van der Waals surface area contributed by atoms with Gasteiger partial charge in [-0.1, -0.05) is 24.3 Å². The van der Waals surface area contributed by atoms with Crippen molar-refractivity contribution in [3.8, 4) is 0 Å². The molecule has 1 N–H and O–H groups in total. The molecule has 1 saturated heterocycles. The number of carbonyl (C=O) groups is 2. The second-order valence-electron chi connectivity index (χ2n) is 8.70. The van der Waals surface area contributed by atoms with E-state index in [-0.39, 0.29) is 11.8 Å². The minimum atomic E-state index is -0.102. The zero-order chi connectivity index (χ0) is 23.3. The van der Waals surface area contributed by atoms with E-state index in [1.807, 2.05) is 58.1 Å². The number of nitrogens with zero attached hydrogens (tertiary/aromatic N) is 4. The highest BCUT2D eigenvalue weighted by molar-refractivity contribution is 5.94. The molecular formula is C26H29N5O3. The molecule has 2 amide bonds. The molecule has 2 aliphatic rings. The summed E-state index contributed by atoms with van der Waals surface area (Å²) < 4.78 is 7.29. The maximum Gasteiger partial charge on any atom is 0.251 e. The third-order valence-electron chi connectivity index (χ3n) is 6.45. The molecule has 5 rings (SSSR count). The molecule has 0 unspecified atom stereocenters. The molecule has 0 bridgehead atoms. The topological polar surface area (TPSA) is 79.2 Å². The van der Waals surface area contributed by atoms with Gasteiger partial charge in [-0.25, -0.2) is 4.98 Å². The number of rotatable bonds is 6. The standard InChI is InChI=1S/C26H29N5O3/c32-25(19-29-13-15-34-16-14-29)30-10-7-22(8-11-30)21-2-4-23(5-3-21)26(33)28-17-20-1-6-24-27-9-12-31(24)18-20/h1-7,9,12,18H,8,10-11,13-17,19H2,(H,28,33). The number of imidazole rings is 1. The summed E-state index contributed by atoms with van der Waals surface area (Å²) >= 11 is 0. The van der Waals surface area contributed by atoms with Gasteiger partial charge in [0.25, 0.3) is 5.91 Å². The molecule has 2 aliphatic heterocycles. The van der Waals surface area contributed by atoms with Crippen LogP contribution in [0, 0.1) is 0 Å². The maximum atomic E-state index is 12.6. The number of hydrogen-bond donors (Lipinski definition) is 1. The number of aromatic nitrogens is 2. The van der Waals surface area contributed by atoms with Gasteiger partial charge in [0, 0.05) is 56.9 Å². The smallest absolute Gasteiger partial charge is 0.251 e. The van der Waals surface area contributed by atoms with Crippen molar-refractivity contribution < 1.29 is 14.3 Å². The number of benzene rings is 1. The van der Waals surface area contributed by atoms with Gasteiger partial charge in [-0.2, -0.15) is 0 Å². The fraction of sp³-hybridized carbons (Fsp3) is 0.346. The monoisotopic (exact) mass is 459 g/mol. The first kappa shape index (κ1) is 22.3. The average molecular weight is 460 g/mol. The van der Waals surface area contributed by atoms with Crippen molar-refractivity contribution in [3.05, 3.63) is 77.8 Å². The van der Waals surface area contributed by atoms with E-state index < -0.39 is 0 Å². The van der Waals surface area contributed by atoms with E-state index >= 15 is 0 Å². The second kappa shape index (κ2) is 10.2. The van der Waals surface area contributed by atoms with Gasteiger partial charge in [0.05, 0.1) is 19.8 Å². The van der Waals surface area contributed by atoms with Gasteiger partial charge in [0.2, 0.25) is 5.91 Å². The molecule has 1 fully saturated rings. The van der Waals surface area contributed by atoms with Crippen LogP contribution in [0.4, 0.5) is 0 Å².